The van der Waals surface area contributed by atoms with Gasteiger partial charge in [0.25, 0.3) is 0 Å². The smallest absolute Gasteiger partial charge is 0.193 e. The van der Waals surface area contributed by atoms with Gasteiger partial charge in [-0.25, -0.2) is 0 Å². The van der Waals surface area contributed by atoms with Gasteiger partial charge in [-0.15, -0.1) is 6.58 Å². The first-order valence-corrected chi connectivity index (χ1v) is 7.31. The van der Waals surface area contributed by atoms with Crippen molar-refractivity contribution in [3.05, 3.63) is 71.3 Å². The van der Waals surface area contributed by atoms with Gasteiger partial charge >= 0.3 is 0 Å². The summed E-state index contributed by atoms with van der Waals surface area (Å²) in [5.41, 5.74) is 0.524. The molecular formula is C19H18O4. The third kappa shape index (κ3) is 2.06. The number of aliphatic hydroxyl groups is 1. The summed E-state index contributed by atoms with van der Waals surface area (Å²) < 4.78 is 10.8. The molecule has 4 nitrogen and oxygen atoms in total. The molecule has 0 heterocycles. The topological polar surface area (TPSA) is 55.8 Å². The van der Waals surface area contributed by atoms with E-state index in [1.54, 1.807) is 42.5 Å². The van der Waals surface area contributed by atoms with Gasteiger partial charge in [-0.3, -0.25) is 4.79 Å². The van der Waals surface area contributed by atoms with E-state index in [9.17, 15) is 9.90 Å². The zero-order chi connectivity index (χ0) is 16.6. The predicted octanol–water partition coefficient (Wildman–Crippen LogP) is 3.06. The van der Waals surface area contributed by atoms with Crippen molar-refractivity contribution in [2.45, 2.75) is 12.0 Å². The summed E-state index contributed by atoms with van der Waals surface area (Å²) in [7, 11) is 3.02. The Morgan fingerprint density at radius 3 is 2.52 bits per heavy atom. The fourth-order valence-corrected chi connectivity index (χ4v) is 3.27. The molecule has 0 saturated carbocycles. The zero-order valence-electron chi connectivity index (χ0n) is 13.1. The number of ketones is 1. The summed E-state index contributed by atoms with van der Waals surface area (Å²) in [6.07, 6.45) is 1.89. The maximum Gasteiger partial charge on any atom is 0.193 e. The highest BCUT2D eigenvalue weighted by Crippen LogP contribution is 2.49. The first-order valence-electron chi connectivity index (χ1n) is 7.31. The number of carbonyl (C=O) groups excluding carboxylic acids is 1. The van der Waals surface area contributed by atoms with Gasteiger partial charge < -0.3 is 14.6 Å². The lowest BCUT2D eigenvalue weighted by Gasteiger charge is -2.36. The first-order chi connectivity index (χ1) is 11.1. The van der Waals surface area contributed by atoms with Crippen molar-refractivity contribution in [2.75, 3.05) is 14.2 Å². The van der Waals surface area contributed by atoms with Crippen LogP contribution in [0.15, 0.2) is 49.1 Å². The molecule has 1 unspecified atom stereocenters. The number of hydrogen-bond donors (Lipinski definition) is 1. The molecule has 4 heteroatoms. The van der Waals surface area contributed by atoms with Crippen LogP contribution in [0.5, 0.6) is 11.5 Å². The summed E-state index contributed by atoms with van der Waals surface area (Å²) in [4.78, 5) is 12.8. The van der Waals surface area contributed by atoms with Crippen LogP contribution < -0.4 is 9.47 Å². The van der Waals surface area contributed by atoms with Crippen LogP contribution in [-0.2, 0) is 5.60 Å². The minimum absolute atomic E-state index is 0.134. The molecule has 0 radical (unpaired) electrons. The molecule has 0 bridgehead atoms. The summed E-state index contributed by atoms with van der Waals surface area (Å²) >= 11 is 0. The number of fused-ring (bicyclic) bond motifs is 2. The van der Waals surface area contributed by atoms with Crippen molar-refractivity contribution >= 4 is 5.78 Å². The number of hydrogen-bond acceptors (Lipinski definition) is 4. The SMILES string of the molecule is C=CCC1(O)c2ccccc2C(=O)c2ccc(OC)c(OC)c21. The third-order valence-corrected chi connectivity index (χ3v) is 4.26. The number of carbonyl (C=O) groups is 1. The molecule has 0 fully saturated rings. The lowest BCUT2D eigenvalue weighted by molar-refractivity contribution is 0.0715. The van der Waals surface area contributed by atoms with E-state index < -0.39 is 5.60 Å². The van der Waals surface area contributed by atoms with Crippen LogP contribution in [0.4, 0.5) is 0 Å². The fraction of sp³-hybridized carbons (Fsp3) is 0.211. The number of ether oxygens (including phenoxy) is 2. The second-order valence-corrected chi connectivity index (χ2v) is 5.45. The Kier molecular flexibility index (Phi) is 3.70. The van der Waals surface area contributed by atoms with Crippen LogP contribution in [-0.4, -0.2) is 25.1 Å². The van der Waals surface area contributed by atoms with Gasteiger partial charge in [0.15, 0.2) is 17.3 Å². The molecule has 0 saturated heterocycles. The standard InChI is InChI=1S/C19H18O4/c1-4-11-19(21)14-8-6-5-7-12(14)17(20)13-9-10-15(22-2)18(23-3)16(13)19/h4-10,21H,1,11H2,2-3H3. The van der Waals surface area contributed by atoms with Crippen molar-refractivity contribution in [3.8, 4) is 11.5 Å². The monoisotopic (exact) mass is 310 g/mol. The lowest BCUT2D eigenvalue weighted by Crippen LogP contribution is -2.35. The van der Waals surface area contributed by atoms with Gasteiger partial charge in [0.2, 0.25) is 0 Å². The molecule has 118 valence electrons. The van der Waals surface area contributed by atoms with E-state index in [0.29, 0.717) is 33.8 Å². The minimum Gasteiger partial charge on any atom is -0.493 e. The van der Waals surface area contributed by atoms with Crippen molar-refractivity contribution in [2.24, 2.45) is 0 Å². The van der Waals surface area contributed by atoms with Gasteiger partial charge in [-0.1, -0.05) is 30.3 Å². The van der Waals surface area contributed by atoms with Crippen LogP contribution in [0.3, 0.4) is 0 Å². The van der Waals surface area contributed by atoms with Gasteiger partial charge in [0, 0.05) is 23.1 Å². The third-order valence-electron chi connectivity index (χ3n) is 4.26. The quantitative estimate of drug-likeness (QED) is 0.882. The van der Waals surface area contributed by atoms with Gasteiger partial charge in [0.1, 0.15) is 5.60 Å². The van der Waals surface area contributed by atoms with E-state index in [1.165, 1.54) is 14.2 Å². The highest BCUT2D eigenvalue weighted by molar-refractivity contribution is 6.13. The Morgan fingerprint density at radius 1 is 1.13 bits per heavy atom. The molecule has 1 N–H and O–H groups in total. The highest BCUT2D eigenvalue weighted by Gasteiger charge is 2.44. The minimum atomic E-state index is -1.39. The number of benzene rings is 2. The van der Waals surface area contributed by atoms with E-state index >= 15 is 0 Å². The normalized spacial score (nSPS) is 18.8. The Bertz CT molecular complexity index is 794. The maximum absolute atomic E-state index is 12.8. The average molecular weight is 310 g/mol. The molecule has 3 rings (SSSR count). The van der Waals surface area contributed by atoms with Crippen LogP contribution >= 0.6 is 0 Å². The second-order valence-electron chi connectivity index (χ2n) is 5.45. The molecule has 0 spiro atoms. The van der Waals surface area contributed by atoms with Crippen LogP contribution in [0.2, 0.25) is 0 Å². The van der Waals surface area contributed by atoms with Crippen LogP contribution in [0, 0.1) is 0 Å². The Labute approximate surface area is 135 Å². The van der Waals surface area contributed by atoms with E-state index in [4.69, 9.17) is 9.47 Å². The van der Waals surface area contributed by atoms with Gasteiger partial charge in [-0.2, -0.15) is 0 Å². The Balaban J connectivity index is 2.41. The Morgan fingerprint density at radius 2 is 1.87 bits per heavy atom. The summed E-state index contributed by atoms with van der Waals surface area (Å²) in [6.45, 7) is 3.75. The predicted molar refractivity (Wildman–Crippen MR) is 87.2 cm³/mol. The molecule has 1 atom stereocenters. The average Bonchev–Trinajstić information content (AvgIpc) is 2.59. The van der Waals surface area contributed by atoms with Gasteiger partial charge in [0.05, 0.1) is 14.2 Å². The van der Waals surface area contributed by atoms with E-state index in [2.05, 4.69) is 6.58 Å². The lowest BCUT2D eigenvalue weighted by atomic mass is 9.72. The molecular weight excluding hydrogens is 292 g/mol. The fourth-order valence-electron chi connectivity index (χ4n) is 3.27. The molecule has 0 amide bonds. The molecule has 0 aromatic heterocycles. The van der Waals surface area contributed by atoms with Crippen molar-refractivity contribution < 1.29 is 19.4 Å². The highest BCUT2D eigenvalue weighted by atomic mass is 16.5. The molecule has 23 heavy (non-hydrogen) atoms. The first kappa shape index (κ1) is 15.3. The summed E-state index contributed by atoms with van der Waals surface area (Å²) in [5, 5.41) is 11.5. The van der Waals surface area contributed by atoms with Crippen LogP contribution in [0.25, 0.3) is 0 Å². The zero-order valence-corrected chi connectivity index (χ0v) is 13.1. The van der Waals surface area contributed by atoms with Gasteiger partial charge in [-0.05, 0) is 17.7 Å². The van der Waals surface area contributed by atoms with E-state index in [1.807, 2.05) is 0 Å². The molecule has 2 aromatic rings. The number of methoxy groups -OCH3 is 2. The summed E-state index contributed by atoms with van der Waals surface area (Å²) in [6, 6.07) is 10.4. The largest absolute Gasteiger partial charge is 0.493 e. The van der Waals surface area contributed by atoms with E-state index in [-0.39, 0.29) is 12.2 Å². The molecule has 1 aliphatic rings. The maximum atomic E-state index is 12.8. The van der Waals surface area contributed by atoms with Crippen molar-refractivity contribution in [3.63, 3.8) is 0 Å². The molecule has 2 aromatic carbocycles. The van der Waals surface area contributed by atoms with Crippen molar-refractivity contribution in [1.82, 2.24) is 0 Å². The van der Waals surface area contributed by atoms with Crippen molar-refractivity contribution in [1.29, 1.82) is 0 Å². The van der Waals surface area contributed by atoms with Crippen LogP contribution in [0.1, 0.15) is 33.5 Å². The summed E-state index contributed by atoms with van der Waals surface area (Å²) in [5.74, 6) is 0.711. The second kappa shape index (κ2) is 5.56. The Hall–Kier alpha value is -2.59. The number of rotatable bonds is 4. The molecule has 1 aliphatic carbocycles. The van der Waals surface area contributed by atoms with E-state index in [0.717, 1.165) is 0 Å². The molecule has 0 aliphatic heterocycles.